The Kier molecular flexibility index (Phi) is 4.86. The number of nitrogens with one attached hydrogen (secondary N) is 1. The van der Waals surface area contributed by atoms with Crippen LogP contribution in [-0.4, -0.2) is 21.0 Å². The van der Waals surface area contributed by atoms with Gasteiger partial charge in [0, 0.05) is 6.07 Å². The summed E-state index contributed by atoms with van der Waals surface area (Å²) in [5, 5.41) is 23.6. The molecule has 0 radical (unpaired) electrons. The van der Waals surface area contributed by atoms with Gasteiger partial charge in [0.2, 0.25) is 5.75 Å². The molecular weight excluding hydrogens is 378 g/mol. The van der Waals surface area contributed by atoms with Gasteiger partial charge in [0.05, 0.1) is 20.8 Å². The van der Waals surface area contributed by atoms with E-state index < -0.39 is 32.4 Å². The fourth-order valence-corrected chi connectivity index (χ4v) is 2.90. The molecule has 136 valence electrons. The number of benzene rings is 2. The van der Waals surface area contributed by atoms with Crippen LogP contribution >= 0.6 is 11.8 Å². The number of hydrogen-bond acceptors (Lipinski definition) is 8. The zero-order valence-corrected chi connectivity index (χ0v) is 14.1. The molecule has 0 aromatic heterocycles. The zero-order valence-electron chi connectivity index (χ0n) is 13.3. The highest BCUT2D eigenvalue weighted by Crippen LogP contribution is 2.35. The maximum Gasteiger partial charge on any atom is 0.318 e. The normalized spacial score (nSPS) is 14.9. The van der Waals surface area contributed by atoms with Crippen LogP contribution in [0.2, 0.25) is 0 Å². The number of thioether (sulfide) groups is 1. The van der Waals surface area contributed by atoms with Gasteiger partial charge >= 0.3 is 5.69 Å². The standard InChI is InChI=1S/C16H9N3O7S/c20-15-14(27-16(21)17-15)7-9-2-1-3-11(6-9)26-13-5-4-10(18(22)23)8-12(13)19(24)25/h1-8H,(H,17,20,21)/b14-7-. The van der Waals surface area contributed by atoms with E-state index in [1.807, 2.05) is 0 Å². The summed E-state index contributed by atoms with van der Waals surface area (Å²) in [6.07, 6.45) is 1.47. The van der Waals surface area contributed by atoms with Gasteiger partial charge in [-0.15, -0.1) is 0 Å². The highest BCUT2D eigenvalue weighted by Gasteiger charge is 2.25. The number of rotatable bonds is 5. The molecule has 1 heterocycles. The van der Waals surface area contributed by atoms with Crippen molar-refractivity contribution in [2.45, 2.75) is 0 Å². The molecule has 0 bridgehead atoms. The molecule has 0 saturated carbocycles. The molecule has 2 amide bonds. The molecule has 1 N–H and O–H groups in total. The van der Waals surface area contributed by atoms with E-state index in [2.05, 4.69) is 5.32 Å². The van der Waals surface area contributed by atoms with Gasteiger partial charge in [-0.25, -0.2) is 0 Å². The second-order valence-electron chi connectivity index (χ2n) is 5.19. The van der Waals surface area contributed by atoms with E-state index in [0.29, 0.717) is 5.56 Å². The molecule has 10 nitrogen and oxygen atoms in total. The molecule has 1 fully saturated rings. The second-order valence-corrected chi connectivity index (χ2v) is 6.21. The minimum atomic E-state index is -0.778. The minimum absolute atomic E-state index is 0.168. The van der Waals surface area contributed by atoms with E-state index in [4.69, 9.17) is 4.74 Å². The molecule has 1 aliphatic rings. The third-order valence-corrected chi connectivity index (χ3v) is 4.19. The molecule has 0 atom stereocenters. The van der Waals surface area contributed by atoms with Crippen LogP contribution in [0.1, 0.15) is 5.56 Å². The third-order valence-electron chi connectivity index (χ3n) is 3.38. The Morgan fingerprint density at radius 2 is 1.81 bits per heavy atom. The van der Waals surface area contributed by atoms with E-state index in [-0.39, 0.29) is 16.4 Å². The number of ether oxygens (including phenoxy) is 1. The summed E-state index contributed by atoms with van der Waals surface area (Å²) in [4.78, 5) is 43.4. The zero-order chi connectivity index (χ0) is 19.6. The van der Waals surface area contributed by atoms with Crippen molar-refractivity contribution < 1.29 is 24.2 Å². The Morgan fingerprint density at radius 1 is 1.04 bits per heavy atom. The SMILES string of the molecule is O=C1NC(=O)/C(=C/c2cccc(Oc3ccc([N+](=O)[O-])cc3[N+](=O)[O-])c2)S1. The Hall–Kier alpha value is -3.73. The monoisotopic (exact) mass is 387 g/mol. The van der Waals surface area contributed by atoms with Gasteiger partial charge in [-0.2, -0.15) is 0 Å². The fraction of sp³-hybridized carbons (Fsp3) is 0. The first-order valence-corrected chi connectivity index (χ1v) is 8.11. The van der Waals surface area contributed by atoms with Crippen LogP contribution < -0.4 is 10.1 Å². The minimum Gasteiger partial charge on any atom is -0.450 e. The first-order valence-electron chi connectivity index (χ1n) is 7.29. The summed E-state index contributed by atoms with van der Waals surface area (Å²) in [6.45, 7) is 0. The average molecular weight is 387 g/mol. The molecule has 1 saturated heterocycles. The molecule has 2 aromatic rings. The summed E-state index contributed by atoms with van der Waals surface area (Å²) in [5.74, 6) is -0.461. The van der Waals surface area contributed by atoms with E-state index in [9.17, 15) is 29.8 Å². The van der Waals surface area contributed by atoms with E-state index in [1.165, 1.54) is 18.2 Å². The largest absolute Gasteiger partial charge is 0.450 e. The fourth-order valence-electron chi connectivity index (χ4n) is 2.22. The van der Waals surface area contributed by atoms with Gasteiger partial charge in [0.25, 0.3) is 16.8 Å². The van der Waals surface area contributed by atoms with Crippen molar-refractivity contribution in [3.8, 4) is 11.5 Å². The lowest BCUT2D eigenvalue weighted by Gasteiger charge is -2.07. The quantitative estimate of drug-likeness (QED) is 0.466. The lowest BCUT2D eigenvalue weighted by molar-refractivity contribution is -0.394. The van der Waals surface area contributed by atoms with Crippen molar-refractivity contribution in [1.29, 1.82) is 0 Å². The van der Waals surface area contributed by atoms with Gasteiger partial charge in [0.15, 0.2) is 0 Å². The number of carbonyl (C=O) groups is 2. The average Bonchev–Trinajstić information content (AvgIpc) is 2.92. The molecular formula is C16H9N3O7S. The predicted octanol–water partition coefficient (Wildman–Crippen LogP) is 3.62. The molecule has 0 spiro atoms. The Labute approximate surface area is 155 Å². The number of amides is 2. The van der Waals surface area contributed by atoms with Crippen LogP contribution in [0.25, 0.3) is 6.08 Å². The van der Waals surface area contributed by atoms with E-state index in [1.54, 1.807) is 12.1 Å². The lowest BCUT2D eigenvalue weighted by atomic mass is 10.2. The summed E-state index contributed by atoms with van der Waals surface area (Å²) in [7, 11) is 0. The van der Waals surface area contributed by atoms with Crippen molar-refractivity contribution >= 4 is 40.4 Å². The Balaban J connectivity index is 1.90. The summed E-state index contributed by atoms with van der Waals surface area (Å²) >= 11 is 0.757. The predicted molar refractivity (Wildman–Crippen MR) is 95.4 cm³/mol. The second kappa shape index (κ2) is 7.25. The van der Waals surface area contributed by atoms with Gasteiger partial charge < -0.3 is 4.74 Å². The molecule has 0 aliphatic carbocycles. The highest BCUT2D eigenvalue weighted by molar-refractivity contribution is 8.18. The van der Waals surface area contributed by atoms with Crippen LogP contribution in [0.4, 0.5) is 16.2 Å². The van der Waals surface area contributed by atoms with Crippen LogP contribution in [0.15, 0.2) is 47.4 Å². The third kappa shape index (κ3) is 4.10. The molecule has 11 heteroatoms. The number of hydrogen-bond donors (Lipinski definition) is 1. The van der Waals surface area contributed by atoms with E-state index >= 15 is 0 Å². The molecule has 2 aromatic carbocycles. The Bertz CT molecular complexity index is 1020. The number of imide groups is 1. The van der Waals surface area contributed by atoms with Gasteiger partial charge in [-0.3, -0.25) is 35.1 Å². The number of nitro benzene ring substituents is 2. The molecule has 0 unspecified atom stereocenters. The van der Waals surface area contributed by atoms with Crippen LogP contribution in [0, 0.1) is 20.2 Å². The maximum atomic E-state index is 11.6. The highest BCUT2D eigenvalue weighted by atomic mass is 32.2. The van der Waals surface area contributed by atoms with E-state index in [0.717, 1.165) is 30.0 Å². The smallest absolute Gasteiger partial charge is 0.318 e. The maximum absolute atomic E-state index is 11.6. The number of carbonyl (C=O) groups excluding carboxylic acids is 2. The molecule has 1 aliphatic heterocycles. The summed E-state index contributed by atoms with van der Waals surface area (Å²) in [6, 6.07) is 9.33. The van der Waals surface area contributed by atoms with Gasteiger partial charge in [-0.05, 0) is 41.6 Å². The number of non-ortho nitro benzene ring substituents is 1. The Morgan fingerprint density at radius 3 is 2.44 bits per heavy atom. The van der Waals surface area contributed by atoms with Crippen molar-refractivity contribution in [3.63, 3.8) is 0 Å². The van der Waals surface area contributed by atoms with Crippen molar-refractivity contribution in [1.82, 2.24) is 5.32 Å². The topological polar surface area (TPSA) is 142 Å². The van der Waals surface area contributed by atoms with Crippen LogP contribution in [-0.2, 0) is 4.79 Å². The van der Waals surface area contributed by atoms with Crippen LogP contribution in [0.5, 0.6) is 11.5 Å². The molecule has 3 rings (SSSR count). The van der Waals surface area contributed by atoms with Gasteiger partial charge in [-0.1, -0.05) is 12.1 Å². The first kappa shape index (κ1) is 18.1. The number of nitro groups is 2. The molecule has 27 heavy (non-hydrogen) atoms. The lowest BCUT2D eigenvalue weighted by Crippen LogP contribution is -2.17. The van der Waals surface area contributed by atoms with Crippen molar-refractivity contribution in [2.24, 2.45) is 0 Å². The van der Waals surface area contributed by atoms with Crippen LogP contribution in [0.3, 0.4) is 0 Å². The summed E-state index contributed by atoms with van der Waals surface area (Å²) in [5.41, 5.74) is -0.449. The van der Waals surface area contributed by atoms with Crippen molar-refractivity contribution in [2.75, 3.05) is 0 Å². The van der Waals surface area contributed by atoms with Gasteiger partial charge in [0.1, 0.15) is 5.75 Å². The first-order chi connectivity index (χ1) is 12.8. The summed E-state index contributed by atoms with van der Waals surface area (Å²) < 4.78 is 5.49. The number of nitrogens with zero attached hydrogens (tertiary/aromatic N) is 2. The van der Waals surface area contributed by atoms with Crippen molar-refractivity contribution in [3.05, 3.63) is 73.2 Å².